The number of amides is 1. The lowest BCUT2D eigenvalue weighted by Crippen LogP contribution is -2.44. The van der Waals surface area contributed by atoms with Crippen molar-refractivity contribution in [2.75, 3.05) is 32.8 Å². The summed E-state index contributed by atoms with van der Waals surface area (Å²) in [5.41, 5.74) is -0.573. The second kappa shape index (κ2) is 4.47. The lowest BCUT2D eigenvalue weighted by molar-refractivity contribution is -0.124. The lowest BCUT2D eigenvalue weighted by atomic mass is 9.91. The quantitative estimate of drug-likeness (QED) is 0.643. The second-order valence-corrected chi connectivity index (χ2v) is 6.11. The van der Waals surface area contributed by atoms with Crippen LogP contribution in [-0.4, -0.2) is 49.5 Å². The molecule has 5 heteroatoms. The third kappa shape index (κ3) is 2.27. The molecule has 18 heavy (non-hydrogen) atoms. The summed E-state index contributed by atoms with van der Waals surface area (Å²) in [6.45, 7) is 3.32. The Labute approximate surface area is 107 Å². The summed E-state index contributed by atoms with van der Waals surface area (Å²) in [6, 6.07) is 0. The fourth-order valence-corrected chi connectivity index (χ4v) is 3.31. The molecule has 3 fully saturated rings. The Bertz CT molecular complexity index is 333. The fraction of sp³-hybridized carbons (Fsp3) is 0.923. The van der Waals surface area contributed by atoms with Crippen LogP contribution in [0.25, 0.3) is 0 Å². The topological polar surface area (TPSA) is 70.6 Å². The van der Waals surface area contributed by atoms with Crippen LogP contribution in [0.3, 0.4) is 0 Å². The molecule has 0 aromatic heterocycles. The van der Waals surface area contributed by atoms with Gasteiger partial charge in [0.25, 0.3) is 0 Å². The average molecular weight is 254 g/mol. The minimum Gasteiger partial charge on any atom is -0.386 e. The smallest absolute Gasteiger partial charge is 0.223 e. The summed E-state index contributed by atoms with van der Waals surface area (Å²) in [6.07, 6.45) is 3.86. The Kier molecular flexibility index (Phi) is 3.08. The number of rotatable bonds is 3. The molecule has 2 heterocycles. The molecule has 2 aliphatic heterocycles. The van der Waals surface area contributed by atoms with Crippen molar-refractivity contribution in [1.82, 2.24) is 10.6 Å². The monoisotopic (exact) mass is 254 g/mol. The van der Waals surface area contributed by atoms with Crippen LogP contribution in [0.15, 0.2) is 0 Å². The lowest BCUT2D eigenvalue weighted by Gasteiger charge is -2.24. The molecule has 0 aromatic rings. The van der Waals surface area contributed by atoms with Gasteiger partial charge in [-0.1, -0.05) is 0 Å². The number of piperidine rings is 1. The Balaban J connectivity index is 1.48. The average Bonchev–Trinajstić information content (AvgIpc) is 2.88. The van der Waals surface area contributed by atoms with E-state index in [1.54, 1.807) is 0 Å². The van der Waals surface area contributed by atoms with E-state index in [1.165, 1.54) is 0 Å². The molecular weight excluding hydrogens is 232 g/mol. The van der Waals surface area contributed by atoms with Gasteiger partial charge in [-0.05, 0) is 37.8 Å². The van der Waals surface area contributed by atoms with E-state index in [1.807, 2.05) is 0 Å². The molecule has 3 aliphatic rings. The third-order valence-electron chi connectivity index (χ3n) is 4.78. The van der Waals surface area contributed by atoms with Gasteiger partial charge in [0, 0.05) is 25.5 Å². The normalized spacial score (nSPS) is 37.7. The zero-order chi connectivity index (χ0) is 12.6. The van der Waals surface area contributed by atoms with Crippen molar-refractivity contribution < 1.29 is 14.6 Å². The summed E-state index contributed by atoms with van der Waals surface area (Å²) in [7, 11) is 0. The first-order valence-electron chi connectivity index (χ1n) is 6.92. The maximum Gasteiger partial charge on any atom is 0.223 e. The maximum atomic E-state index is 12.1. The van der Waals surface area contributed by atoms with Crippen molar-refractivity contribution in [2.24, 2.45) is 11.3 Å². The van der Waals surface area contributed by atoms with Crippen LogP contribution < -0.4 is 10.6 Å². The van der Waals surface area contributed by atoms with Gasteiger partial charge in [0.1, 0.15) is 5.60 Å². The van der Waals surface area contributed by atoms with E-state index in [9.17, 15) is 9.90 Å². The molecular formula is C13H22N2O3. The molecule has 3 N–H and O–H groups in total. The Morgan fingerprint density at radius 2 is 2.17 bits per heavy atom. The van der Waals surface area contributed by atoms with Gasteiger partial charge in [-0.15, -0.1) is 0 Å². The van der Waals surface area contributed by atoms with E-state index < -0.39 is 5.60 Å². The first-order chi connectivity index (χ1) is 8.64. The highest BCUT2D eigenvalue weighted by molar-refractivity contribution is 5.82. The first-order valence-corrected chi connectivity index (χ1v) is 6.92. The van der Waals surface area contributed by atoms with Gasteiger partial charge in [0.15, 0.2) is 0 Å². The molecule has 1 aliphatic carbocycles. The summed E-state index contributed by atoms with van der Waals surface area (Å²) in [4.78, 5) is 12.1. The molecule has 1 saturated carbocycles. The molecule has 0 radical (unpaired) electrons. The number of hydrogen-bond acceptors (Lipinski definition) is 4. The third-order valence-corrected chi connectivity index (χ3v) is 4.78. The van der Waals surface area contributed by atoms with Crippen LogP contribution in [0.4, 0.5) is 0 Å². The highest BCUT2D eigenvalue weighted by atomic mass is 16.5. The zero-order valence-corrected chi connectivity index (χ0v) is 10.7. The largest absolute Gasteiger partial charge is 0.386 e. The number of ether oxygens (including phenoxy) is 1. The molecule has 0 aromatic carbocycles. The van der Waals surface area contributed by atoms with Crippen molar-refractivity contribution in [1.29, 1.82) is 0 Å². The second-order valence-electron chi connectivity index (χ2n) is 6.11. The van der Waals surface area contributed by atoms with E-state index in [0.29, 0.717) is 26.2 Å². The number of carbonyl (C=O) groups excluding carboxylic acids is 1. The molecule has 2 saturated heterocycles. The van der Waals surface area contributed by atoms with Crippen LogP contribution in [0.1, 0.15) is 25.7 Å². The molecule has 1 amide bonds. The van der Waals surface area contributed by atoms with Crippen molar-refractivity contribution in [3.8, 4) is 0 Å². The predicted octanol–water partition coefficient (Wildman–Crippen LogP) is -0.356. The molecule has 1 spiro atoms. The molecule has 102 valence electrons. The molecule has 5 nitrogen and oxygen atoms in total. The molecule has 2 unspecified atom stereocenters. The van der Waals surface area contributed by atoms with E-state index in [4.69, 9.17) is 4.74 Å². The molecule has 2 atom stereocenters. The number of carbonyl (C=O) groups is 1. The van der Waals surface area contributed by atoms with E-state index in [-0.39, 0.29) is 17.2 Å². The standard InChI is InChI=1S/C13H22N2O3/c16-11(15-8-13(17)3-6-18-9-13)10-7-12(10)1-4-14-5-2-12/h10,14,17H,1-9H2,(H,15,16). The Hall–Kier alpha value is -0.650. The zero-order valence-electron chi connectivity index (χ0n) is 10.7. The molecule has 3 rings (SSSR count). The highest BCUT2D eigenvalue weighted by Crippen LogP contribution is 2.58. The minimum atomic E-state index is -0.841. The van der Waals surface area contributed by atoms with Gasteiger partial charge in [-0.3, -0.25) is 4.79 Å². The molecule has 0 bridgehead atoms. The summed E-state index contributed by atoms with van der Waals surface area (Å²) in [5.74, 6) is 0.294. The van der Waals surface area contributed by atoms with Gasteiger partial charge in [0.05, 0.1) is 6.61 Å². The van der Waals surface area contributed by atoms with Crippen LogP contribution in [0.2, 0.25) is 0 Å². The summed E-state index contributed by atoms with van der Waals surface area (Å²) >= 11 is 0. The van der Waals surface area contributed by atoms with Crippen LogP contribution in [0, 0.1) is 11.3 Å². The predicted molar refractivity (Wildman–Crippen MR) is 66.0 cm³/mol. The van der Waals surface area contributed by atoms with Crippen molar-refractivity contribution >= 4 is 5.91 Å². The van der Waals surface area contributed by atoms with Crippen LogP contribution in [0.5, 0.6) is 0 Å². The van der Waals surface area contributed by atoms with Crippen LogP contribution in [-0.2, 0) is 9.53 Å². The van der Waals surface area contributed by atoms with E-state index in [0.717, 1.165) is 32.4 Å². The van der Waals surface area contributed by atoms with Gasteiger partial charge in [-0.25, -0.2) is 0 Å². The van der Waals surface area contributed by atoms with Crippen molar-refractivity contribution in [3.05, 3.63) is 0 Å². The van der Waals surface area contributed by atoms with Crippen molar-refractivity contribution in [2.45, 2.75) is 31.3 Å². The number of hydrogen-bond donors (Lipinski definition) is 3. The summed E-state index contributed by atoms with van der Waals surface area (Å²) < 4.78 is 5.17. The summed E-state index contributed by atoms with van der Waals surface area (Å²) in [5, 5.41) is 16.3. The van der Waals surface area contributed by atoms with Crippen molar-refractivity contribution in [3.63, 3.8) is 0 Å². The Morgan fingerprint density at radius 1 is 1.39 bits per heavy atom. The van der Waals surface area contributed by atoms with Crippen LogP contribution >= 0.6 is 0 Å². The number of nitrogens with one attached hydrogen (secondary N) is 2. The van der Waals surface area contributed by atoms with Gasteiger partial charge in [-0.2, -0.15) is 0 Å². The van der Waals surface area contributed by atoms with Gasteiger partial charge >= 0.3 is 0 Å². The van der Waals surface area contributed by atoms with Gasteiger partial charge < -0.3 is 20.5 Å². The minimum absolute atomic E-state index is 0.122. The van der Waals surface area contributed by atoms with E-state index in [2.05, 4.69) is 10.6 Å². The Morgan fingerprint density at radius 3 is 2.83 bits per heavy atom. The maximum absolute atomic E-state index is 12.1. The first kappa shape index (κ1) is 12.4. The number of aliphatic hydroxyl groups is 1. The van der Waals surface area contributed by atoms with Gasteiger partial charge in [0.2, 0.25) is 5.91 Å². The SMILES string of the molecule is O=C(NCC1(O)CCOC1)C1CC12CCNCC2. The fourth-order valence-electron chi connectivity index (χ4n) is 3.31. The highest BCUT2D eigenvalue weighted by Gasteiger charge is 2.57. The van der Waals surface area contributed by atoms with E-state index >= 15 is 0 Å².